The molecule has 35 aliphatic carbocycles. The highest BCUT2D eigenvalue weighted by Gasteiger charge is 2.77. The molecule has 0 amide bonds. The molecule has 0 aromatic heterocycles. The van der Waals surface area contributed by atoms with Gasteiger partial charge in [-0.1, -0.05) is 230 Å². The highest BCUT2D eigenvalue weighted by Crippen LogP contribution is 2.83. The lowest BCUT2D eigenvalue weighted by molar-refractivity contribution is 0.0142. The van der Waals surface area contributed by atoms with Gasteiger partial charge in [0.05, 0.1) is 0 Å². The number of hydrogen-bond donors (Lipinski definition) is 0. The fourth-order valence-electron chi connectivity index (χ4n) is 49.3. The Labute approximate surface area is 740 Å². The quantitative estimate of drug-likeness (QED) is 0.168. The first-order valence-corrected chi connectivity index (χ1v) is 52.7. The second-order valence-electron chi connectivity index (χ2n) is 52.0. The van der Waals surface area contributed by atoms with Gasteiger partial charge in [-0.15, -0.1) is 0 Å². The average molecular weight is 1630 g/mol. The second-order valence-corrected chi connectivity index (χ2v) is 52.0. The normalized spacial score (nSPS) is 63.5. The minimum atomic E-state index is 0. The molecule has 27 saturated carbocycles. The molecular formula is C120H184. The molecule has 0 heteroatoms. The van der Waals surface area contributed by atoms with Crippen molar-refractivity contribution in [2.75, 3.05) is 0 Å². The molecule has 56 unspecified atom stereocenters. The summed E-state index contributed by atoms with van der Waals surface area (Å²) in [6.45, 7) is 19.6. The molecule has 0 N–H and O–H groups in total. The van der Waals surface area contributed by atoms with Crippen LogP contribution in [0.4, 0.5) is 0 Å². The van der Waals surface area contributed by atoms with E-state index in [0.29, 0.717) is 10.8 Å². The van der Waals surface area contributed by atoms with Gasteiger partial charge in [-0.3, -0.25) is 0 Å². The van der Waals surface area contributed by atoms with Crippen molar-refractivity contribution >= 4 is 0 Å². The van der Waals surface area contributed by atoms with Crippen LogP contribution in [0, 0.1) is 341 Å². The zero-order valence-corrected chi connectivity index (χ0v) is 72.3. The van der Waals surface area contributed by atoms with Crippen molar-refractivity contribution < 1.29 is 0 Å². The van der Waals surface area contributed by atoms with Crippen LogP contribution >= 0.6 is 0 Å². The van der Waals surface area contributed by atoms with Gasteiger partial charge in [0.2, 0.25) is 0 Å². The van der Waals surface area contributed by atoms with Gasteiger partial charge in [-0.2, -0.15) is 0 Å². The molecular weight excluding hydrogens is 1440 g/mol. The second kappa shape index (κ2) is 29.5. The van der Waals surface area contributed by atoms with Crippen molar-refractivity contribution in [3.8, 4) is 0 Å². The van der Waals surface area contributed by atoms with Crippen LogP contribution in [0.15, 0.2) is 97.2 Å². The number of fused-ring (bicyclic) bond motifs is 82. The van der Waals surface area contributed by atoms with Crippen molar-refractivity contribution in [3.05, 3.63) is 97.2 Å². The van der Waals surface area contributed by atoms with Gasteiger partial charge in [0.1, 0.15) is 0 Å². The van der Waals surface area contributed by atoms with E-state index in [1.165, 1.54) is 122 Å². The minimum absolute atomic E-state index is 0. The fourth-order valence-corrected chi connectivity index (χ4v) is 49.3. The topological polar surface area (TPSA) is 0 Å². The van der Waals surface area contributed by atoms with Crippen molar-refractivity contribution in [3.63, 3.8) is 0 Å². The highest BCUT2D eigenvalue weighted by molar-refractivity contribution is 5.34. The lowest BCUT2D eigenvalue weighted by Crippen LogP contribution is -2.43. The third-order valence-corrected chi connectivity index (χ3v) is 50.5. The zero-order chi connectivity index (χ0) is 74.4. The lowest BCUT2D eigenvalue weighted by atomic mass is 9.56. The fraction of sp³-hybridized carbons (Fsp3) is 0.867. The maximum absolute atomic E-state index is 2.68. The van der Waals surface area contributed by atoms with Gasteiger partial charge < -0.3 is 0 Å². The Morgan fingerprint density at radius 2 is 0.642 bits per heavy atom. The third kappa shape index (κ3) is 10.7. The summed E-state index contributed by atoms with van der Waals surface area (Å²) in [6.07, 6.45) is 89.8. The molecule has 27 fully saturated rings. The van der Waals surface area contributed by atoms with E-state index in [0.717, 1.165) is 259 Å². The van der Waals surface area contributed by atoms with E-state index in [1.54, 1.807) is 148 Å². The Balaban J connectivity index is 0.0000000855. The van der Waals surface area contributed by atoms with Crippen molar-refractivity contribution in [2.24, 2.45) is 341 Å². The molecule has 56 atom stereocenters. The van der Waals surface area contributed by atoms with Crippen LogP contribution in [0.3, 0.4) is 0 Å². The van der Waals surface area contributed by atoms with Gasteiger partial charge in [0.15, 0.2) is 0 Å². The lowest BCUT2D eigenvalue weighted by Gasteiger charge is -2.48. The molecule has 0 aromatic carbocycles. The Kier molecular flexibility index (Phi) is 20.8. The Hall–Kier alpha value is -2.08. The number of rotatable bonds is 0. The first-order chi connectivity index (χ1) is 55.3. The van der Waals surface area contributed by atoms with Crippen LogP contribution < -0.4 is 0 Å². The molecule has 0 saturated heterocycles. The maximum Gasteiger partial charge on any atom is -0.0104 e. The maximum atomic E-state index is 2.68. The zero-order valence-electron chi connectivity index (χ0n) is 72.3. The molecule has 0 radical (unpaired) electrons. The predicted octanol–water partition coefficient (Wildman–Crippen LogP) is 31.7. The molecule has 0 aliphatic heterocycles. The summed E-state index contributed by atoms with van der Waals surface area (Å²) >= 11 is 0. The number of hydrogen-bond acceptors (Lipinski definition) is 0. The molecule has 35 rings (SSSR count). The third-order valence-electron chi connectivity index (χ3n) is 50.5. The van der Waals surface area contributed by atoms with Gasteiger partial charge >= 0.3 is 0 Å². The van der Waals surface area contributed by atoms with Crippen molar-refractivity contribution in [2.45, 2.75) is 306 Å². The van der Waals surface area contributed by atoms with Gasteiger partial charge in [-0.05, 0) is 515 Å². The molecule has 35 aliphatic rings. The van der Waals surface area contributed by atoms with Crippen LogP contribution in [-0.4, -0.2) is 0 Å². The van der Waals surface area contributed by atoms with Gasteiger partial charge in [0.25, 0.3) is 0 Å². The summed E-state index contributed by atoms with van der Waals surface area (Å²) in [7, 11) is 0. The Morgan fingerprint density at radius 1 is 0.233 bits per heavy atom. The minimum Gasteiger partial charge on any atom is -0.0879 e. The van der Waals surface area contributed by atoms with Crippen LogP contribution in [0.2, 0.25) is 0 Å². The van der Waals surface area contributed by atoms with Crippen LogP contribution in [0.5, 0.6) is 0 Å². The molecule has 0 aromatic rings. The van der Waals surface area contributed by atoms with E-state index in [1.807, 2.05) is 13.8 Å². The SMILES string of the molecule is C.C.C.C.C.C.C.C1=CC2C(C1)C1CC2C2C3C=CC(C3)C12.C1=CC2CC1C1C3CC(C4CCCC43)C21.C1=CC2CC1C1CC3C4CCC(C4)C3C21.C1=CC2CC1C1CC3C4CCC(C4)C3C21.CC.CC12C=CC(C1)C1C2C2CC1(C)C1CCCC21.CC12C=CC(C1)C1C3CC(C)(C4CCCC34)C12.CC1C2C=CC1C1C3C(C)C(C4CCCC43)C21. The highest BCUT2D eigenvalue weighted by atomic mass is 14.8. The smallest absolute Gasteiger partial charge is 0.0104 e. The largest absolute Gasteiger partial charge is 0.0879 e. The Morgan fingerprint density at radius 3 is 1.19 bits per heavy atom. The van der Waals surface area contributed by atoms with Gasteiger partial charge in [0, 0.05) is 0 Å². The summed E-state index contributed by atoms with van der Waals surface area (Å²) in [5.41, 5.74) is 2.66. The monoisotopic (exact) mass is 1630 g/mol. The van der Waals surface area contributed by atoms with Crippen LogP contribution in [0.25, 0.3) is 0 Å². The first-order valence-electron chi connectivity index (χ1n) is 52.7. The van der Waals surface area contributed by atoms with Crippen molar-refractivity contribution in [1.29, 1.82) is 0 Å². The molecule has 0 heterocycles. The molecule has 120 heavy (non-hydrogen) atoms. The summed E-state index contributed by atoms with van der Waals surface area (Å²) < 4.78 is 0. The van der Waals surface area contributed by atoms with E-state index in [4.69, 9.17) is 0 Å². The van der Waals surface area contributed by atoms with E-state index < -0.39 is 0 Å². The Bertz CT molecular complexity index is 3940. The predicted molar refractivity (Wildman–Crippen MR) is 507 cm³/mol. The summed E-state index contributed by atoms with van der Waals surface area (Å²) in [4.78, 5) is 0. The summed E-state index contributed by atoms with van der Waals surface area (Å²) in [5, 5.41) is 0. The number of allylic oxidation sites excluding steroid dienone is 16. The summed E-state index contributed by atoms with van der Waals surface area (Å²) in [5.74, 6) is 59.4. The van der Waals surface area contributed by atoms with E-state index >= 15 is 0 Å². The van der Waals surface area contributed by atoms with E-state index in [9.17, 15) is 0 Å². The molecule has 0 nitrogen and oxygen atoms in total. The molecule has 0 spiro atoms. The van der Waals surface area contributed by atoms with Crippen molar-refractivity contribution in [1.82, 2.24) is 0 Å². The van der Waals surface area contributed by atoms with Crippen LogP contribution in [-0.2, 0) is 0 Å². The summed E-state index contributed by atoms with van der Waals surface area (Å²) in [6, 6.07) is 0. The average Bonchev–Trinajstić information content (AvgIpc) is 1.49. The van der Waals surface area contributed by atoms with Crippen LogP contribution in [0.1, 0.15) is 306 Å². The first kappa shape index (κ1) is 84.7. The molecule has 28 bridgehead atoms. The van der Waals surface area contributed by atoms with E-state index in [2.05, 4.69) is 139 Å². The standard InChI is InChI=1S/3C17H24.3C15H20.C15H18.C2H6.7CH4/c1-16-7-6-10(8-16)14-15(16)12-9-17(14,2)13-5-3-4-11(12)13;1-16-7-6-10(8-16)14-12-9-17(2,15(14)16)13-5-3-4-11(12)13;1-8-10-6-7-11(8)17-15-9(2)14(16(10)17)12-4-3-5-13(12)15;2*1-3-10-5-8(1)12-7-13-9-2-4-11(6-9)15(13)14(10)12;2*1-2-10-11(3-1)13-7-12(10)14-8-4-5-9(6-8)15(13)14;1-2;;;;;;;/h2*6-7,10-15H,3-5,8-9H2,1-2H3;6-17H,3-5H2,1-2H3;2*1,3,8-15H,2,4-7H2;4-5,8-15H,1-3,6-7H2;1-2,4-5,8-15H,3,6-7H2;1-2H3;7*1H4. The van der Waals surface area contributed by atoms with E-state index in [-0.39, 0.29) is 52.0 Å². The van der Waals surface area contributed by atoms with Gasteiger partial charge in [-0.25, -0.2) is 0 Å². The molecule has 664 valence electrons.